The SMILES string of the molecule is CCOc1ccc(S(=O)(=O)N(CC)c2cccc(C)c2)c2cccnc12. The molecule has 0 saturated carbocycles. The molecule has 0 spiro atoms. The summed E-state index contributed by atoms with van der Waals surface area (Å²) < 4.78 is 33.9. The van der Waals surface area contributed by atoms with Crippen molar-refractivity contribution in [2.75, 3.05) is 17.5 Å². The fraction of sp³-hybridized carbons (Fsp3) is 0.250. The lowest BCUT2D eigenvalue weighted by molar-refractivity contribution is 0.343. The third-order valence-corrected chi connectivity index (χ3v) is 6.10. The first kappa shape index (κ1) is 18.2. The van der Waals surface area contributed by atoms with E-state index in [1.165, 1.54) is 4.31 Å². The van der Waals surface area contributed by atoms with Crippen molar-refractivity contribution in [2.24, 2.45) is 0 Å². The number of sulfonamides is 1. The molecule has 3 aromatic rings. The lowest BCUT2D eigenvalue weighted by atomic mass is 10.2. The normalized spacial score (nSPS) is 11.5. The van der Waals surface area contributed by atoms with Crippen LogP contribution in [0.1, 0.15) is 19.4 Å². The van der Waals surface area contributed by atoms with Crippen molar-refractivity contribution in [1.82, 2.24) is 4.98 Å². The number of rotatable bonds is 6. The first-order valence-corrected chi connectivity index (χ1v) is 10.0. The molecule has 5 nitrogen and oxygen atoms in total. The Labute approximate surface area is 154 Å². The Balaban J connectivity index is 2.19. The summed E-state index contributed by atoms with van der Waals surface area (Å²) in [7, 11) is -3.74. The highest BCUT2D eigenvalue weighted by Crippen LogP contribution is 2.33. The van der Waals surface area contributed by atoms with E-state index >= 15 is 0 Å². The van der Waals surface area contributed by atoms with Crippen LogP contribution < -0.4 is 9.04 Å². The third-order valence-electron chi connectivity index (χ3n) is 4.14. The van der Waals surface area contributed by atoms with Crippen molar-refractivity contribution in [1.29, 1.82) is 0 Å². The van der Waals surface area contributed by atoms with Gasteiger partial charge in [0.2, 0.25) is 0 Å². The van der Waals surface area contributed by atoms with Crippen LogP contribution in [-0.2, 0) is 10.0 Å². The zero-order valence-electron chi connectivity index (χ0n) is 15.1. The van der Waals surface area contributed by atoms with Gasteiger partial charge in [0.05, 0.1) is 17.2 Å². The predicted molar refractivity (Wildman–Crippen MR) is 104 cm³/mol. The van der Waals surface area contributed by atoms with E-state index in [-0.39, 0.29) is 4.90 Å². The fourth-order valence-electron chi connectivity index (χ4n) is 3.01. The highest BCUT2D eigenvalue weighted by Gasteiger charge is 2.26. The van der Waals surface area contributed by atoms with Crippen molar-refractivity contribution in [3.05, 3.63) is 60.3 Å². The second-order valence-corrected chi connectivity index (χ2v) is 7.73. The Hall–Kier alpha value is -2.60. The fourth-order valence-corrected chi connectivity index (χ4v) is 4.66. The molecular weight excluding hydrogens is 348 g/mol. The van der Waals surface area contributed by atoms with E-state index in [2.05, 4.69) is 4.98 Å². The maximum Gasteiger partial charge on any atom is 0.264 e. The largest absolute Gasteiger partial charge is 0.492 e. The number of fused-ring (bicyclic) bond motifs is 1. The molecule has 1 heterocycles. The molecule has 3 rings (SSSR count). The first-order chi connectivity index (χ1) is 12.5. The van der Waals surface area contributed by atoms with E-state index in [0.717, 1.165) is 5.56 Å². The van der Waals surface area contributed by atoms with Crippen LogP contribution in [0.2, 0.25) is 0 Å². The highest BCUT2D eigenvalue weighted by atomic mass is 32.2. The molecule has 0 bridgehead atoms. The van der Waals surface area contributed by atoms with E-state index in [0.29, 0.717) is 35.5 Å². The summed E-state index contributed by atoms with van der Waals surface area (Å²) in [4.78, 5) is 4.57. The monoisotopic (exact) mass is 370 g/mol. The van der Waals surface area contributed by atoms with Gasteiger partial charge in [-0.2, -0.15) is 0 Å². The molecule has 0 aliphatic rings. The standard InChI is InChI=1S/C20H22N2O3S/c1-4-22(16-9-6-8-15(3)14-16)26(23,24)19-12-11-18(25-5-2)20-17(19)10-7-13-21-20/h6-14H,4-5H2,1-3H3. The molecule has 26 heavy (non-hydrogen) atoms. The minimum Gasteiger partial charge on any atom is -0.492 e. The van der Waals surface area contributed by atoms with Gasteiger partial charge in [-0.25, -0.2) is 8.42 Å². The quantitative estimate of drug-likeness (QED) is 0.654. The van der Waals surface area contributed by atoms with Crippen molar-refractivity contribution >= 4 is 26.6 Å². The summed E-state index contributed by atoms with van der Waals surface area (Å²) in [6.45, 7) is 6.48. The number of pyridine rings is 1. The molecule has 0 N–H and O–H groups in total. The van der Waals surface area contributed by atoms with Crippen LogP contribution in [0.5, 0.6) is 5.75 Å². The Morgan fingerprint density at radius 3 is 2.58 bits per heavy atom. The van der Waals surface area contributed by atoms with Gasteiger partial charge in [0.15, 0.2) is 0 Å². The van der Waals surface area contributed by atoms with Crippen LogP contribution in [0.3, 0.4) is 0 Å². The second kappa shape index (κ2) is 7.33. The lowest BCUT2D eigenvalue weighted by Crippen LogP contribution is -2.31. The molecule has 0 radical (unpaired) electrons. The summed E-state index contributed by atoms with van der Waals surface area (Å²) in [6, 6.07) is 14.3. The van der Waals surface area contributed by atoms with Crippen molar-refractivity contribution in [3.63, 3.8) is 0 Å². The van der Waals surface area contributed by atoms with Crippen LogP contribution >= 0.6 is 0 Å². The molecule has 2 aromatic carbocycles. The first-order valence-electron chi connectivity index (χ1n) is 8.59. The topological polar surface area (TPSA) is 59.5 Å². The third kappa shape index (κ3) is 3.24. The van der Waals surface area contributed by atoms with E-state index in [4.69, 9.17) is 4.74 Å². The maximum atomic E-state index is 13.4. The van der Waals surface area contributed by atoms with Gasteiger partial charge in [0.1, 0.15) is 11.3 Å². The molecule has 1 aromatic heterocycles. The zero-order valence-corrected chi connectivity index (χ0v) is 16.0. The number of ether oxygens (including phenoxy) is 1. The Bertz CT molecular complexity index is 1030. The van der Waals surface area contributed by atoms with Crippen molar-refractivity contribution < 1.29 is 13.2 Å². The second-order valence-electron chi connectivity index (χ2n) is 5.90. The smallest absolute Gasteiger partial charge is 0.264 e. The minimum absolute atomic E-state index is 0.229. The molecule has 136 valence electrons. The summed E-state index contributed by atoms with van der Waals surface area (Å²) in [5, 5.41) is 0.560. The van der Waals surface area contributed by atoms with Gasteiger partial charge < -0.3 is 4.74 Å². The summed E-state index contributed by atoms with van der Waals surface area (Å²) >= 11 is 0. The Morgan fingerprint density at radius 1 is 1.08 bits per heavy atom. The molecule has 6 heteroatoms. The number of aryl methyl sites for hydroxylation is 1. The highest BCUT2D eigenvalue weighted by molar-refractivity contribution is 7.93. The number of hydrogen-bond acceptors (Lipinski definition) is 4. The van der Waals surface area contributed by atoms with Crippen LogP contribution in [0.4, 0.5) is 5.69 Å². The van der Waals surface area contributed by atoms with Gasteiger partial charge in [-0.3, -0.25) is 9.29 Å². The predicted octanol–water partition coefficient (Wildman–Crippen LogP) is 4.16. The zero-order chi connectivity index (χ0) is 18.7. The molecular formula is C20H22N2O3S. The number of benzene rings is 2. The number of anilines is 1. The van der Waals surface area contributed by atoms with Crippen LogP contribution in [0.15, 0.2) is 59.6 Å². The van der Waals surface area contributed by atoms with Gasteiger partial charge >= 0.3 is 0 Å². The van der Waals surface area contributed by atoms with E-state index in [9.17, 15) is 8.42 Å². The number of hydrogen-bond donors (Lipinski definition) is 0. The Kier molecular flexibility index (Phi) is 5.13. The summed E-state index contributed by atoms with van der Waals surface area (Å²) in [5.41, 5.74) is 2.21. The Morgan fingerprint density at radius 2 is 1.88 bits per heavy atom. The van der Waals surface area contributed by atoms with Gasteiger partial charge in [-0.15, -0.1) is 0 Å². The molecule has 0 amide bonds. The van der Waals surface area contributed by atoms with Crippen LogP contribution in [0, 0.1) is 6.92 Å². The summed E-state index contributed by atoms with van der Waals surface area (Å²) in [6.07, 6.45) is 1.64. The van der Waals surface area contributed by atoms with Crippen molar-refractivity contribution in [3.8, 4) is 5.75 Å². The summed E-state index contributed by atoms with van der Waals surface area (Å²) in [5.74, 6) is 0.584. The van der Waals surface area contributed by atoms with Gasteiger partial charge in [-0.05, 0) is 62.7 Å². The van der Waals surface area contributed by atoms with E-state index in [1.807, 2.05) is 45.0 Å². The molecule has 0 aliphatic carbocycles. The lowest BCUT2D eigenvalue weighted by Gasteiger charge is -2.24. The van der Waals surface area contributed by atoms with E-state index in [1.54, 1.807) is 30.5 Å². The minimum atomic E-state index is -3.74. The average molecular weight is 370 g/mol. The van der Waals surface area contributed by atoms with Crippen LogP contribution in [-0.4, -0.2) is 26.6 Å². The number of nitrogens with zero attached hydrogens (tertiary/aromatic N) is 2. The van der Waals surface area contributed by atoms with Gasteiger partial charge in [0.25, 0.3) is 10.0 Å². The molecule has 0 unspecified atom stereocenters. The molecule has 0 aliphatic heterocycles. The van der Waals surface area contributed by atoms with Crippen LogP contribution in [0.25, 0.3) is 10.9 Å². The van der Waals surface area contributed by atoms with Crippen molar-refractivity contribution in [2.45, 2.75) is 25.7 Å². The maximum absolute atomic E-state index is 13.4. The molecule has 0 fully saturated rings. The van der Waals surface area contributed by atoms with Gasteiger partial charge in [-0.1, -0.05) is 12.1 Å². The molecule has 0 saturated heterocycles. The average Bonchev–Trinajstić information content (AvgIpc) is 2.62. The van der Waals surface area contributed by atoms with Gasteiger partial charge in [0, 0.05) is 18.1 Å². The number of aromatic nitrogens is 1. The van der Waals surface area contributed by atoms with E-state index < -0.39 is 10.0 Å². The molecule has 0 atom stereocenters.